The van der Waals surface area contributed by atoms with Gasteiger partial charge in [0.25, 0.3) is 0 Å². The summed E-state index contributed by atoms with van der Waals surface area (Å²) in [7, 11) is 3.12. The van der Waals surface area contributed by atoms with E-state index in [0.29, 0.717) is 26.1 Å². The monoisotopic (exact) mass is 380 g/mol. The number of rotatable bonds is 6. The van der Waals surface area contributed by atoms with Crippen LogP contribution in [0.5, 0.6) is 0 Å². The van der Waals surface area contributed by atoms with Gasteiger partial charge in [-0.05, 0) is 11.6 Å². The smallest absolute Gasteiger partial charge is 0.0505 e. The van der Waals surface area contributed by atoms with E-state index < -0.39 is 0 Å². The molecule has 2 radical (unpaired) electrons. The van der Waals surface area contributed by atoms with Crippen molar-refractivity contribution in [2.24, 2.45) is 0 Å². The Balaban J connectivity index is -0.0000000800. The standard InChI is InChI=1S/2C5H9O2.2Y/c2*1-5(6)3-4-7-2;;/h2*1,3-4H2,2H3;;/q2*-1;;. The summed E-state index contributed by atoms with van der Waals surface area (Å²) >= 11 is 0. The summed E-state index contributed by atoms with van der Waals surface area (Å²) < 4.78 is 9.18. The number of hydrogen-bond acceptors (Lipinski definition) is 4. The third kappa shape index (κ3) is 36.2. The number of ketones is 2. The van der Waals surface area contributed by atoms with Crippen molar-refractivity contribution in [3.63, 3.8) is 0 Å². The molecule has 0 aromatic carbocycles. The molecule has 0 atom stereocenters. The van der Waals surface area contributed by atoms with E-state index in [-0.39, 0.29) is 77.0 Å². The number of carbonyl (C=O) groups excluding carboxylic acids is 2. The molecule has 0 N–H and O–H groups in total. The molecule has 0 amide bonds. The van der Waals surface area contributed by atoms with Crippen molar-refractivity contribution < 1.29 is 84.5 Å². The Morgan fingerprint density at radius 3 is 1.19 bits per heavy atom. The fraction of sp³-hybridized carbons (Fsp3) is 0.600. The molecule has 0 fully saturated rings. The zero-order valence-electron chi connectivity index (χ0n) is 10.0. The molecular weight excluding hydrogens is 362 g/mol. The van der Waals surface area contributed by atoms with Gasteiger partial charge in [0.2, 0.25) is 0 Å². The normalized spacial score (nSPS) is 7.62. The third-order valence-electron chi connectivity index (χ3n) is 1.17. The van der Waals surface area contributed by atoms with Crippen LogP contribution in [-0.4, -0.2) is 39.0 Å². The predicted molar refractivity (Wildman–Crippen MR) is 53.7 cm³/mol. The van der Waals surface area contributed by atoms with Gasteiger partial charge in [-0.15, -0.1) is 0 Å². The Hall–Kier alpha value is 1.21. The van der Waals surface area contributed by atoms with Gasteiger partial charge in [0.05, 0.1) is 13.2 Å². The molecular formula is C10H18O4Y2-2. The molecule has 4 nitrogen and oxygen atoms in total. The largest absolute Gasteiger partial charge is 0.384 e. The molecule has 90 valence electrons. The molecule has 0 aromatic heterocycles. The van der Waals surface area contributed by atoms with Crippen LogP contribution in [0.15, 0.2) is 0 Å². The Morgan fingerprint density at radius 2 is 1.12 bits per heavy atom. The van der Waals surface area contributed by atoms with E-state index in [2.05, 4.69) is 23.3 Å². The van der Waals surface area contributed by atoms with E-state index in [9.17, 15) is 9.59 Å². The van der Waals surface area contributed by atoms with Crippen LogP contribution in [0.1, 0.15) is 12.8 Å². The summed E-state index contributed by atoms with van der Waals surface area (Å²) in [5, 5.41) is 0. The van der Waals surface area contributed by atoms with Gasteiger partial charge in [-0.3, -0.25) is 0 Å². The second kappa shape index (κ2) is 21.5. The van der Waals surface area contributed by atoms with Gasteiger partial charge in [-0.25, -0.2) is 0 Å². The van der Waals surface area contributed by atoms with Crippen LogP contribution in [0.25, 0.3) is 0 Å². The van der Waals surface area contributed by atoms with Gasteiger partial charge in [0, 0.05) is 92.5 Å². The maximum absolute atomic E-state index is 10.0. The number of hydrogen-bond donors (Lipinski definition) is 0. The SMILES string of the molecule is [CH2-]C(=O)CCOC.[CH2-]C(=O)CCOC.[Y].[Y]. The summed E-state index contributed by atoms with van der Waals surface area (Å²) in [6, 6.07) is 0. The molecule has 0 saturated carbocycles. The first-order chi connectivity index (χ1) is 6.54. The van der Waals surface area contributed by atoms with Crippen LogP contribution in [-0.2, 0) is 84.5 Å². The van der Waals surface area contributed by atoms with Crippen molar-refractivity contribution in [1.29, 1.82) is 0 Å². The Kier molecular flexibility index (Phi) is 34.8. The van der Waals surface area contributed by atoms with E-state index >= 15 is 0 Å². The molecule has 0 aliphatic carbocycles. The first-order valence-electron chi connectivity index (χ1n) is 4.22. The predicted octanol–water partition coefficient (Wildman–Crippen LogP) is 0.847. The van der Waals surface area contributed by atoms with Gasteiger partial charge < -0.3 is 32.9 Å². The molecule has 0 rings (SSSR count). The molecule has 16 heavy (non-hydrogen) atoms. The van der Waals surface area contributed by atoms with Crippen LogP contribution < -0.4 is 0 Å². The minimum atomic E-state index is -0.0677. The molecule has 0 bridgehead atoms. The zero-order valence-corrected chi connectivity index (χ0v) is 15.7. The van der Waals surface area contributed by atoms with Crippen LogP contribution in [0.4, 0.5) is 0 Å². The van der Waals surface area contributed by atoms with Gasteiger partial charge in [-0.1, -0.05) is 0 Å². The van der Waals surface area contributed by atoms with Gasteiger partial charge in [0.1, 0.15) is 0 Å². The number of ether oxygens (including phenoxy) is 2. The molecule has 0 saturated heterocycles. The number of carbonyl (C=O) groups is 2. The van der Waals surface area contributed by atoms with Crippen LogP contribution in [0, 0.1) is 13.8 Å². The topological polar surface area (TPSA) is 52.6 Å². The van der Waals surface area contributed by atoms with E-state index in [4.69, 9.17) is 0 Å². The summed E-state index contributed by atoms with van der Waals surface area (Å²) in [6.07, 6.45) is 0.854. The van der Waals surface area contributed by atoms with E-state index in [1.807, 2.05) is 0 Å². The van der Waals surface area contributed by atoms with Gasteiger partial charge in [0.15, 0.2) is 0 Å². The first-order valence-corrected chi connectivity index (χ1v) is 4.22. The third-order valence-corrected chi connectivity index (χ3v) is 1.17. The van der Waals surface area contributed by atoms with E-state index in [1.54, 1.807) is 14.2 Å². The summed E-state index contributed by atoms with van der Waals surface area (Å²) in [6.45, 7) is 7.29. The van der Waals surface area contributed by atoms with Gasteiger partial charge in [-0.2, -0.15) is 0 Å². The van der Waals surface area contributed by atoms with Crippen LogP contribution >= 0.6 is 0 Å². The second-order valence-electron chi connectivity index (χ2n) is 2.56. The Morgan fingerprint density at radius 1 is 0.875 bits per heavy atom. The Labute approximate surface area is 148 Å². The van der Waals surface area contributed by atoms with Crippen molar-refractivity contribution in [2.45, 2.75) is 12.8 Å². The molecule has 0 heterocycles. The first kappa shape index (κ1) is 25.9. The molecule has 0 spiro atoms. The summed E-state index contributed by atoms with van der Waals surface area (Å²) in [4.78, 5) is 20.0. The minimum absolute atomic E-state index is 0. The molecule has 0 aliphatic rings. The van der Waals surface area contributed by atoms with Crippen molar-refractivity contribution in [3.05, 3.63) is 13.8 Å². The zero-order chi connectivity index (χ0) is 11.4. The number of Topliss-reactive ketones (excluding diaryl/α,β-unsaturated/α-hetero) is 2. The van der Waals surface area contributed by atoms with Crippen molar-refractivity contribution in [2.75, 3.05) is 27.4 Å². The Bertz CT molecular complexity index is 145. The van der Waals surface area contributed by atoms with Crippen molar-refractivity contribution in [1.82, 2.24) is 0 Å². The fourth-order valence-corrected chi connectivity index (χ4v) is 0.432. The average molecular weight is 380 g/mol. The summed E-state index contributed by atoms with van der Waals surface area (Å²) in [5.41, 5.74) is 0. The maximum Gasteiger partial charge on any atom is 0.0505 e. The minimum Gasteiger partial charge on any atom is -0.384 e. The van der Waals surface area contributed by atoms with Crippen molar-refractivity contribution in [3.8, 4) is 0 Å². The molecule has 0 aliphatic heterocycles. The molecule has 0 aromatic rings. The second-order valence-corrected chi connectivity index (χ2v) is 2.56. The number of methoxy groups -OCH3 is 2. The molecule has 0 unspecified atom stereocenters. The summed E-state index contributed by atoms with van der Waals surface area (Å²) in [5.74, 6) is -0.135. The fourth-order valence-electron chi connectivity index (χ4n) is 0.432. The van der Waals surface area contributed by atoms with Crippen LogP contribution in [0.3, 0.4) is 0 Å². The van der Waals surface area contributed by atoms with Crippen molar-refractivity contribution >= 4 is 11.6 Å². The van der Waals surface area contributed by atoms with E-state index in [1.165, 1.54) is 0 Å². The van der Waals surface area contributed by atoms with E-state index in [0.717, 1.165) is 0 Å². The average Bonchev–Trinajstić information content (AvgIpc) is 2.12. The molecule has 6 heteroatoms. The van der Waals surface area contributed by atoms with Crippen LogP contribution in [0.2, 0.25) is 0 Å². The van der Waals surface area contributed by atoms with Gasteiger partial charge >= 0.3 is 0 Å². The quantitative estimate of drug-likeness (QED) is 0.642. The maximum atomic E-state index is 10.0.